The van der Waals surface area contributed by atoms with Gasteiger partial charge in [0.05, 0.1) is 0 Å². The Hall–Kier alpha value is -1.10. The molecule has 1 amide bonds. The van der Waals surface area contributed by atoms with Crippen molar-refractivity contribution in [1.82, 2.24) is 10.6 Å². The zero-order valence-corrected chi connectivity index (χ0v) is 6.76. The molecule has 5 nitrogen and oxygen atoms in total. The first kappa shape index (κ1) is 9.90. The predicted octanol–water partition coefficient (Wildman–Crippen LogP) is -0.0623. The number of carbonyl (C=O) groups is 1. The summed E-state index contributed by atoms with van der Waals surface area (Å²) in [5.74, 6) is 0. The van der Waals surface area contributed by atoms with Crippen LogP contribution in [-0.2, 0) is 4.84 Å². The third-order valence-electron chi connectivity index (χ3n) is 0.885. The molecule has 0 aromatic heterocycles. The molecule has 5 heteroatoms. The summed E-state index contributed by atoms with van der Waals surface area (Å²) in [5, 5.41) is 8.64. The third-order valence-corrected chi connectivity index (χ3v) is 0.885. The highest BCUT2D eigenvalue weighted by Gasteiger charge is 1.96. The normalized spacial score (nSPS) is 10.0. The van der Waals surface area contributed by atoms with Gasteiger partial charge < -0.3 is 10.6 Å². The second-order valence-electron chi connectivity index (χ2n) is 1.77. The molecular weight excluding hydrogens is 146 g/mol. The van der Waals surface area contributed by atoms with E-state index in [1.54, 1.807) is 14.0 Å². The van der Waals surface area contributed by atoms with E-state index in [0.717, 1.165) is 0 Å². The molecule has 0 bridgehead atoms. The molecule has 0 unspecified atom stereocenters. The minimum absolute atomic E-state index is 0.529. The van der Waals surface area contributed by atoms with Gasteiger partial charge in [0.1, 0.15) is 0 Å². The summed E-state index contributed by atoms with van der Waals surface area (Å²) in [6, 6.07) is 0. The van der Waals surface area contributed by atoms with Crippen LogP contribution in [0.2, 0.25) is 0 Å². The summed E-state index contributed by atoms with van der Waals surface area (Å²) in [6.07, 6.45) is 0.871. The van der Waals surface area contributed by atoms with Crippen LogP contribution < -0.4 is 10.6 Å². The number of carbonyl (C=O) groups excluding carboxylic acids is 1. The summed E-state index contributed by atoms with van der Waals surface area (Å²) in [6.45, 7) is 2.92. The van der Waals surface area contributed by atoms with Crippen molar-refractivity contribution in [3.8, 4) is 0 Å². The minimum atomic E-state index is -0.529. The van der Waals surface area contributed by atoms with E-state index in [2.05, 4.69) is 20.6 Å². The van der Waals surface area contributed by atoms with E-state index in [1.807, 2.05) is 0 Å². The third kappa shape index (κ3) is 6.79. The van der Waals surface area contributed by atoms with Gasteiger partial charge in [-0.25, -0.2) is 4.79 Å². The standard InChI is InChI=1S/C6H13N3O2/c1-3-9-11-6(10)8-5-4-7-2/h3,7H,4-5H2,1-2H3,(H,8,10). The number of rotatable bonds is 4. The fourth-order valence-electron chi connectivity index (χ4n) is 0.422. The lowest BCUT2D eigenvalue weighted by Gasteiger charge is -2.00. The van der Waals surface area contributed by atoms with Crippen LogP contribution in [0.5, 0.6) is 0 Å². The predicted molar refractivity (Wildman–Crippen MR) is 42.6 cm³/mol. The van der Waals surface area contributed by atoms with Crippen molar-refractivity contribution in [2.45, 2.75) is 6.92 Å². The molecule has 0 spiro atoms. The smallest absolute Gasteiger partial charge is 0.318 e. The zero-order valence-electron chi connectivity index (χ0n) is 6.76. The molecule has 0 radical (unpaired) electrons. The summed E-state index contributed by atoms with van der Waals surface area (Å²) in [4.78, 5) is 14.9. The van der Waals surface area contributed by atoms with Crippen molar-refractivity contribution in [3.63, 3.8) is 0 Å². The first-order valence-corrected chi connectivity index (χ1v) is 3.38. The molecule has 0 aromatic carbocycles. The maximum atomic E-state index is 10.6. The van der Waals surface area contributed by atoms with E-state index in [4.69, 9.17) is 0 Å². The minimum Gasteiger partial charge on any atom is -0.318 e. The average molecular weight is 159 g/mol. The number of hydrogen-bond acceptors (Lipinski definition) is 4. The van der Waals surface area contributed by atoms with E-state index in [-0.39, 0.29) is 0 Å². The first-order chi connectivity index (χ1) is 5.31. The van der Waals surface area contributed by atoms with E-state index in [1.165, 1.54) is 6.21 Å². The van der Waals surface area contributed by atoms with Gasteiger partial charge in [0.25, 0.3) is 0 Å². The van der Waals surface area contributed by atoms with Gasteiger partial charge in [-0.05, 0) is 14.0 Å². The van der Waals surface area contributed by atoms with Gasteiger partial charge >= 0.3 is 6.09 Å². The molecule has 0 aliphatic heterocycles. The zero-order chi connectivity index (χ0) is 8.53. The Kier molecular flexibility index (Phi) is 6.31. The van der Waals surface area contributed by atoms with Crippen LogP contribution in [0.4, 0.5) is 4.79 Å². The Balaban J connectivity index is 3.23. The molecule has 0 aliphatic rings. The largest absolute Gasteiger partial charge is 0.433 e. The molecule has 0 heterocycles. The number of nitrogens with zero attached hydrogens (tertiary/aromatic N) is 1. The van der Waals surface area contributed by atoms with Gasteiger partial charge in [-0.2, -0.15) is 0 Å². The molecule has 0 aliphatic carbocycles. The van der Waals surface area contributed by atoms with Gasteiger partial charge in [-0.15, -0.1) is 0 Å². The summed E-state index contributed by atoms with van der Waals surface area (Å²) < 4.78 is 0. The molecule has 2 N–H and O–H groups in total. The lowest BCUT2D eigenvalue weighted by atomic mass is 10.6. The van der Waals surface area contributed by atoms with Gasteiger partial charge in [0, 0.05) is 19.3 Å². The van der Waals surface area contributed by atoms with E-state index < -0.39 is 6.09 Å². The first-order valence-electron chi connectivity index (χ1n) is 3.38. The second kappa shape index (κ2) is 7.01. The summed E-state index contributed by atoms with van der Waals surface area (Å²) >= 11 is 0. The Bertz CT molecular complexity index is 136. The van der Waals surface area contributed by atoms with Crippen LogP contribution in [0.1, 0.15) is 6.92 Å². The highest BCUT2D eigenvalue weighted by atomic mass is 16.7. The second-order valence-corrected chi connectivity index (χ2v) is 1.77. The van der Waals surface area contributed by atoms with Gasteiger partial charge in [0.2, 0.25) is 0 Å². The van der Waals surface area contributed by atoms with Gasteiger partial charge in [0.15, 0.2) is 0 Å². The monoisotopic (exact) mass is 159 g/mol. The van der Waals surface area contributed by atoms with Gasteiger partial charge in [-0.3, -0.25) is 4.84 Å². The van der Waals surface area contributed by atoms with Crippen LogP contribution in [-0.4, -0.2) is 32.4 Å². The van der Waals surface area contributed by atoms with E-state index in [0.29, 0.717) is 13.1 Å². The average Bonchev–Trinajstić information content (AvgIpc) is 2.01. The topological polar surface area (TPSA) is 62.7 Å². The van der Waals surface area contributed by atoms with Crippen LogP contribution >= 0.6 is 0 Å². The quantitative estimate of drug-likeness (QED) is 0.261. The van der Waals surface area contributed by atoms with E-state index in [9.17, 15) is 4.79 Å². The molecule has 0 aromatic rings. The maximum Gasteiger partial charge on any atom is 0.433 e. The Morgan fingerprint density at radius 3 is 2.91 bits per heavy atom. The summed E-state index contributed by atoms with van der Waals surface area (Å²) in [5.41, 5.74) is 0. The number of nitrogens with one attached hydrogen (secondary N) is 2. The van der Waals surface area contributed by atoms with Gasteiger partial charge in [-0.1, -0.05) is 5.16 Å². The van der Waals surface area contributed by atoms with Crippen molar-refractivity contribution in [2.24, 2.45) is 5.16 Å². The fraction of sp³-hybridized carbons (Fsp3) is 0.667. The molecule has 0 rings (SSSR count). The lowest BCUT2D eigenvalue weighted by Crippen LogP contribution is -2.29. The van der Waals surface area contributed by atoms with Crippen LogP contribution in [0.15, 0.2) is 5.16 Å². The van der Waals surface area contributed by atoms with Crippen LogP contribution in [0, 0.1) is 0 Å². The molecule has 0 atom stereocenters. The Labute approximate surface area is 65.8 Å². The number of hydrogen-bond donors (Lipinski definition) is 2. The lowest BCUT2D eigenvalue weighted by molar-refractivity contribution is 0.151. The fourth-order valence-corrected chi connectivity index (χ4v) is 0.422. The SMILES string of the molecule is CC=NOC(=O)NCCNC. The molecule has 11 heavy (non-hydrogen) atoms. The molecule has 0 saturated heterocycles. The van der Waals surface area contributed by atoms with Crippen molar-refractivity contribution in [1.29, 1.82) is 0 Å². The number of oxime groups is 1. The van der Waals surface area contributed by atoms with Crippen LogP contribution in [0.3, 0.4) is 0 Å². The Morgan fingerprint density at radius 2 is 2.36 bits per heavy atom. The van der Waals surface area contributed by atoms with Crippen molar-refractivity contribution >= 4 is 12.3 Å². The highest BCUT2D eigenvalue weighted by molar-refractivity contribution is 5.67. The molecular formula is C6H13N3O2. The number of likely N-dealkylation sites (N-methyl/N-ethyl adjacent to an activating group) is 1. The van der Waals surface area contributed by atoms with Crippen molar-refractivity contribution < 1.29 is 9.63 Å². The van der Waals surface area contributed by atoms with Crippen molar-refractivity contribution in [3.05, 3.63) is 0 Å². The van der Waals surface area contributed by atoms with Crippen molar-refractivity contribution in [2.75, 3.05) is 20.1 Å². The highest BCUT2D eigenvalue weighted by Crippen LogP contribution is 1.75. The molecule has 0 saturated carbocycles. The molecule has 64 valence electrons. The summed E-state index contributed by atoms with van der Waals surface area (Å²) in [7, 11) is 1.80. The van der Waals surface area contributed by atoms with Crippen LogP contribution in [0.25, 0.3) is 0 Å². The molecule has 0 fully saturated rings. The number of amides is 1. The maximum absolute atomic E-state index is 10.6. The van der Waals surface area contributed by atoms with E-state index >= 15 is 0 Å². The Morgan fingerprint density at radius 1 is 1.64 bits per heavy atom.